The van der Waals surface area contributed by atoms with Crippen LogP contribution in [0.3, 0.4) is 0 Å². The Hall–Kier alpha value is -1.10. The molecular weight excluding hydrogens is 206 g/mol. The van der Waals surface area contributed by atoms with E-state index < -0.39 is 0 Å². The first-order valence-electron chi connectivity index (χ1n) is 6.00. The van der Waals surface area contributed by atoms with Crippen LogP contribution in [0, 0.1) is 5.92 Å². The van der Waals surface area contributed by atoms with Gasteiger partial charge in [-0.1, -0.05) is 6.42 Å². The van der Waals surface area contributed by atoms with Crippen LogP contribution in [-0.4, -0.2) is 42.4 Å². The summed E-state index contributed by atoms with van der Waals surface area (Å²) < 4.78 is 0. The molecule has 90 valence electrons. The van der Waals surface area contributed by atoms with Crippen molar-refractivity contribution in [3.8, 4) is 0 Å². The minimum atomic E-state index is -0.285. The van der Waals surface area contributed by atoms with Crippen molar-refractivity contribution in [2.45, 2.75) is 31.7 Å². The first kappa shape index (κ1) is 11.4. The molecule has 2 saturated heterocycles. The van der Waals surface area contributed by atoms with Crippen LogP contribution in [0.1, 0.15) is 25.7 Å². The average molecular weight is 225 g/mol. The van der Waals surface area contributed by atoms with Gasteiger partial charge in [0, 0.05) is 13.1 Å². The van der Waals surface area contributed by atoms with E-state index >= 15 is 0 Å². The molecule has 2 aliphatic heterocycles. The number of primary amides is 1. The summed E-state index contributed by atoms with van der Waals surface area (Å²) in [7, 11) is 0. The number of nitrogens with two attached hydrogens (primary N) is 1. The molecule has 0 radical (unpaired) electrons. The molecule has 2 heterocycles. The molecule has 0 saturated carbocycles. The van der Waals surface area contributed by atoms with Crippen LogP contribution in [-0.2, 0) is 9.59 Å². The topological polar surface area (TPSA) is 75.4 Å². The van der Waals surface area contributed by atoms with E-state index in [0.717, 1.165) is 25.8 Å². The molecule has 0 aliphatic carbocycles. The van der Waals surface area contributed by atoms with Gasteiger partial charge in [0.15, 0.2) is 0 Å². The Morgan fingerprint density at radius 2 is 2.06 bits per heavy atom. The van der Waals surface area contributed by atoms with Gasteiger partial charge in [0.25, 0.3) is 0 Å². The fourth-order valence-electron chi connectivity index (χ4n) is 2.48. The van der Waals surface area contributed by atoms with Crippen molar-refractivity contribution >= 4 is 11.8 Å². The van der Waals surface area contributed by atoms with Crippen LogP contribution in [0.2, 0.25) is 0 Å². The quantitative estimate of drug-likeness (QED) is 0.663. The Bertz CT molecular complexity index is 287. The zero-order valence-corrected chi connectivity index (χ0v) is 9.45. The van der Waals surface area contributed by atoms with Crippen molar-refractivity contribution in [2.24, 2.45) is 11.7 Å². The molecule has 2 atom stereocenters. The zero-order valence-electron chi connectivity index (χ0n) is 9.45. The second kappa shape index (κ2) is 4.82. The third-order valence-corrected chi connectivity index (χ3v) is 3.51. The number of hydrogen-bond acceptors (Lipinski definition) is 3. The molecule has 0 spiro atoms. The molecule has 2 fully saturated rings. The van der Waals surface area contributed by atoms with Gasteiger partial charge in [-0.25, -0.2) is 0 Å². The molecule has 5 heteroatoms. The Balaban J connectivity index is 1.88. The van der Waals surface area contributed by atoms with Gasteiger partial charge in [-0.05, 0) is 25.8 Å². The molecular formula is C11H19N3O2. The zero-order chi connectivity index (χ0) is 11.5. The van der Waals surface area contributed by atoms with E-state index in [2.05, 4.69) is 5.32 Å². The first-order chi connectivity index (χ1) is 7.68. The smallest absolute Gasteiger partial charge is 0.239 e. The summed E-state index contributed by atoms with van der Waals surface area (Å²) in [5.74, 6) is -0.289. The van der Waals surface area contributed by atoms with Gasteiger partial charge in [0.05, 0.1) is 12.0 Å². The van der Waals surface area contributed by atoms with Crippen molar-refractivity contribution in [2.75, 3.05) is 19.6 Å². The lowest BCUT2D eigenvalue weighted by Gasteiger charge is -2.27. The van der Waals surface area contributed by atoms with E-state index in [1.54, 1.807) is 4.90 Å². The summed E-state index contributed by atoms with van der Waals surface area (Å²) in [6.07, 6.45) is 3.88. The van der Waals surface area contributed by atoms with E-state index in [1.807, 2.05) is 0 Å². The van der Waals surface area contributed by atoms with Crippen molar-refractivity contribution in [1.82, 2.24) is 10.2 Å². The van der Waals surface area contributed by atoms with Crippen LogP contribution >= 0.6 is 0 Å². The first-order valence-corrected chi connectivity index (χ1v) is 6.00. The van der Waals surface area contributed by atoms with Gasteiger partial charge < -0.3 is 16.0 Å². The Kier molecular flexibility index (Phi) is 3.43. The maximum absolute atomic E-state index is 12.1. The summed E-state index contributed by atoms with van der Waals surface area (Å²) >= 11 is 0. The van der Waals surface area contributed by atoms with Gasteiger partial charge in [-0.15, -0.1) is 0 Å². The number of likely N-dealkylation sites (tertiary alicyclic amines) is 1. The highest BCUT2D eigenvalue weighted by Gasteiger charge is 2.33. The second-order valence-electron chi connectivity index (χ2n) is 4.67. The number of nitrogens with zero attached hydrogens (tertiary/aromatic N) is 1. The highest BCUT2D eigenvalue weighted by Crippen LogP contribution is 2.18. The lowest BCUT2D eigenvalue weighted by atomic mass is 10.0. The predicted octanol–water partition coefficient (Wildman–Crippen LogP) is -0.538. The highest BCUT2D eigenvalue weighted by atomic mass is 16.2. The van der Waals surface area contributed by atoms with Gasteiger partial charge in [-0.3, -0.25) is 9.59 Å². The molecule has 5 nitrogen and oxygen atoms in total. The van der Waals surface area contributed by atoms with Gasteiger partial charge in [0.1, 0.15) is 0 Å². The number of hydrogen-bond donors (Lipinski definition) is 2. The number of nitrogens with one attached hydrogen (secondary N) is 1. The van der Waals surface area contributed by atoms with Crippen LogP contribution in [0.5, 0.6) is 0 Å². The molecule has 1 unspecified atom stereocenters. The molecule has 3 N–H and O–H groups in total. The van der Waals surface area contributed by atoms with E-state index in [9.17, 15) is 9.59 Å². The van der Waals surface area contributed by atoms with Gasteiger partial charge in [0.2, 0.25) is 11.8 Å². The maximum atomic E-state index is 12.1. The largest absolute Gasteiger partial charge is 0.369 e. The Morgan fingerprint density at radius 1 is 1.25 bits per heavy atom. The average Bonchev–Trinajstić information content (AvgIpc) is 2.78. The molecule has 2 aliphatic rings. The minimum absolute atomic E-state index is 0.0413. The minimum Gasteiger partial charge on any atom is -0.369 e. The molecule has 2 amide bonds. The van der Waals surface area contributed by atoms with Crippen LogP contribution in [0.4, 0.5) is 0 Å². The lowest BCUT2D eigenvalue weighted by molar-refractivity contribution is -0.133. The fraction of sp³-hybridized carbons (Fsp3) is 0.818. The number of amides is 2. The van der Waals surface area contributed by atoms with E-state index in [0.29, 0.717) is 19.5 Å². The van der Waals surface area contributed by atoms with Crippen LogP contribution in [0.25, 0.3) is 0 Å². The van der Waals surface area contributed by atoms with Crippen molar-refractivity contribution in [3.63, 3.8) is 0 Å². The molecule has 2 rings (SSSR count). The molecule has 0 aromatic heterocycles. The van der Waals surface area contributed by atoms with Gasteiger partial charge >= 0.3 is 0 Å². The van der Waals surface area contributed by atoms with E-state index in [-0.39, 0.29) is 23.8 Å². The normalized spacial score (nSPS) is 30.4. The number of piperidine rings is 1. The monoisotopic (exact) mass is 225 g/mol. The van der Waals surface area contributed by atoms with Gasteiger partial charge in [-0.2, -0.15) is 0 Å². The Morgan fingerprint density at radius 3 is 2.62 bits per heavy atom. The number of carbonyl (C=O) groups is 2. The fourth-order valence-corrected chi connectivity index (χ4v) is 2.48. The molecule has 0 bridgehead atoms. The van der Waals surface area contributed by atoms with E-state index in [1.165, 1.54) is 0 Å². The lowest BCUT2D eigenvalue weighted by Crippen LogP contribution is -2.48. The van der Waals surface area contributed by atoms with E-state index in [4.69, 9.17) is 5.73 Å². The third-order valence-electron chi connectivity index (χ3n) is 3.51. The number of rotatable bonds is 2. The summed E-state index contributed by atoms with van der Waals surface area (Å²) in [6.45, 7) is 2.10. The Labute approximate surface area is 95.3 Å². The summed E-state index contributed by atoms with van der Waals surface area (Å²) in [6, 6.07) is -0.0413. The number of carbonyl (C=O) groups excluding carboxylic acids is 2. The van der Waals surface area contributed by atoms with Crippen molar-refractivity contribution < 1.29 is 9.59 Å². The molecule has 0 aromatic carbocycles. The SMILES string of the molecule is NC(=O)C1CCN(C(=O)[C@H]2CCCCN2)C1. The van der Waals surface area contributed by atoms with Crippen LogP contribution in [0.15, 0.2) is 0 Å². The maximum Gasteiger partial charge on any atom is 0.239 e. The molecule has 0 aromatic rings. The van der Waals surface area contributed by atoms with Crippen molar-refractivity contribution in [1.29, 1.82) is 0 Å². The van der Waals surface area contributed by atoms with Crippen LogP contribution < -0.4 is 11.1 Å². The summed E-state index contributed by atoms with van der Waals surface area (Å²) in [5, 5.41) is 3.23. The van der Waals surface area contributed by atoms with Crippen molar-refractivity contribution in [3.05, 3.63) is 0 Å². The highest BCUT2D eigenvalue weighted by molar-refractivity contribution is 5.84. The third kappa shape index (κ3) is 2.35. The summed E-state index contributed by atoms with van der Waals surface area (Å²) in [5.41, 5.74) is 5.25. The molecule has 16 heavy (non-hydrogen) atoms. The predicted molar refractivity (Wildman–Crippen MR) is 59.5 cm³/mol. The second-order valence-corrected chi connectivity index (χ2v) is 4.67. The summed E-state index contributed by atoms with van der Waals surface area (Å²) in [4.78, 5) is 24.9. The standard InChI is InChI=1S/C11H19N3O2/c12-10(15)8-4-6-14(7-8)11(16)9-3-1-2-5-13-9/h8-9,13H,1-7H2,(H2,12,15)/t8?,9-/m1/s1.